The molecule has 12 heavy (non-hydrogen) atoms. The second-order valence-corrected chi connectivity index (χ2v) is 3.53. The van der Waals surface area contributed by atoms with E-state index in [-0.39, 0.29) is 10.6 Å². The fraction of sp³-hybridized carbons (Fsp3) is 0.222. The molecule has 64 valence electrons. The molecule has 0 radical (unpaired) electrons. The Bertz CT molecular complexity index is 299. The summed E-state index contributed by atoms with van der Waals surface area (Å²) >= 11 is 3.17. The maximum atomic E-state index is 12.6. The molecule has 0 aliphatic heterocycles. The zero-order chi connectivity index (χ0) is 9.14. The van der Waals surface area contributed by atoms with Gasteiger partial charge in [0.15, 0.2) is 0 Å². The SMILES string of the molecule is Cc1cc(F)ccc1C(Br)C=O. The van der Waals surface area contributed by atoms with Crippen molar-refractivity contribution in [2.75, 3.05) is 0 Å². The number of carbonyl (C=O) groups is 1. The summed E-state index contributed by atoms with van der Waals surface area (Å²) in [5.74, 6) is -0.276. The maximum Gasteiger partial charge on any atom is 0.138 e. The fourth-order valence-corrected chi connectivity index (χ4v) is 1.54. The second kappa shape index (κ2) is 3.81. The molecule has 0 aliphatic rings. The molecule has 1 aromatic carbocycles. The monoisotopic (exact) mass is 230 g/mol. The van der Waals surface area contributed by atoms with Gasteiger partial charge in [0.25, 0.3) is 0 Å². The van der Waals surface area contributed by atoms with Crippen LogP contribution in [0.25, 0.3) is 0 Å². The van der Waals surface area contributed by atoms with Crippen LogP contribution in [-0.2, 0) is 4.79 Å². The fourth-order valence-electron chi connectivity index (χ4n) is 1.02. The molecule has 0 N–H and O–H groups in total. The van der Waals surface area contributed by atoms with E-state index in [1.807, 2.05) is 0 Å². The van der Waals surface area contributed by atoms with Crippen LogP contribution >= 0.6 is 15.9 Å². The molecule has 0 saturated carbocycles. The van der Waals surface area contributed by atoms with Gasteiger partial charge in [-0.25, -0.2) is 4.39 Å². The van der Waals surface area contributed by atoms with Crippen LogP contribution in [0.3, 0.4) is 0 Å². The summed E-state index contributed by atoms with van der Waals surface area (Å²) in [5.41, 5.74) is 1.59. The molecule has 0 aliphatic carbocycles. The summed E-state index contributed by atoms with van der Waals surface area (Å²) in [6.45, 7) is 1.77. The molecule has 0 amide bonds. The average Bonchev–Trinajstić information content (AvgIpc) is 2.03. The van der Waals surface area contributed by atoms with Gasteiger partial charge in [-0.15, -0.1) is 0 Å². The van der Waals surface area contributed by atoms with Crippen molar-refractivity contribution in [3.63, 3.8) is 0 Å². The van der Waals surface area contributed by atoms with Crippen LogP contribution in [0.5, 0.6) is 0 Å². The Labute approximate surface area is 78.7 Å². The van der Waals surface area contributed by atoms with Gasteiger partial charge in [0.1, 0.15) is 12.1 Å². The van der Waals surface area contributed by atoms with Crippen molar-refractivity contribution in [2.45, 2.75) is 11.8 Å². The third-order valence-corrected chi connectivity index (χ3v) is 2.36. The number of halogens is 2. The molecule has 0 fully saturated rings. The van der Waals surface area contributed by atoms with Crippen molar-refractivity contribution in [1.82, 2.24) is 0 Å². The van der Waals surface area contributed by atoms with Crippen molar-refractivity contribution < 1.29 is 9.18 Å². The topological polar surface area (TPSA) is 17.1 Å². The first kappa shape index (κ1) is 9.39. The highest BCUT2D eigenvalue weighted by Crippen LogP contribution is 2.23. The lowest BCUT2D eigenvalue weighted by Gasteiger charge is -2.05. The van der Waals surface area contributed by atoms with E-state index >= 15 is 0 Å². The van der Waals surface area contributed by atoms with Gasteiger partial charge in [0, 0.05) is 0 Å². The maximum absolute atomic E-state index is 12.6. The lowest BCUT2D eigenvalue weighted by Crippen LogP contribution is -1.94. The van der Waals surface area contributed by atoms with Gasteiger partial charge in [-0.05, 0) is 30.2 Å². The Balaban J connectivity index is 3.09. The largest absolute Gasteiger partial charge is 0.302 e. The molecule has 0 heterocycles. The third kappa shape index (κ3) is 1.91. The van der Waals surface area contributed by atoms with E-state index < -0.39 is 0 Å². The van der Waals surface area contributed by atoms with Crippen LogP contribution < -0.4 is 0 Å². The van der Waals surface area contributed by atoms with Gasteiger partial charge in [0.05, 0.1) is 4.83 Å². The number of hydrogen-bond acceptors (Lipinski definition) is 1. The number of aryl methyl sites for hydroxylation is 1. The van der Waals surface area contributed by atoms with Crippen molar-refractivity contribution >= 4 is 22.2 Å². The Hall–Kier alpha value is -0.700. The van der Waals surface area contributed by atoms with Crippen LogP contribution in [0.15, 0.2) is 18.2 Å². The molecule has 0 spiro atoms. The van der Waals surface area contributed by atoms with Crippen LogP contribution in [-0.4, -0.2) is 6.29 Å². The van der Waals surface area contributed by atoms with Crippen molar-refractivity contribution in [3.05, 3.63) is 35.1 Å². The molecular formula is C9H8BrFO. The lowest BCUT2D eigenvalue weighted by atomic mass is 10.1. The zero-order valence-corrected chi connectivity index (χ0v) is 8.14. The van der Waals surface area contributed by atoms with Gasteiger partial charge in [-0.1, -0.05) is 22.0 Å². The summed E-state index contributed by atoms with van der Waals surface area (Å²) in [5, 5.41) is 0. The first-order valence-electron chi connectivity index (χ1n) is 3.50. The van der Waals surface area contributed by atoms with Crippen LogP contribution in [0.4, 0.5) is 4.39 Å². The van der Waals surface area contributed by atoms with E-state index in [1.165, 1.54) is 12.1 Å². The summed E-state index contributed by atoms with van der Waals surface area (Å²) < 4.78 is 12.6. The first-order valence-corrected chi connectivity index (χ1v) is 4.42. The number of alkyl halides is 1. The predicted octanol–water partition coefficient (Wildman–Crippen LogP) is 2.77. The molecule has 0 bridgehead atoms. The Morgan fingerprint density at radius 1 is 1.58 bits per heavy atom. The highest BCUT2D eigenvalue weighted by molar-refractivity contribution is 9.09. The highest BCUT2D eigenvalue weighted by Gasteiger charge is 2.08. The Morgan fingerprint density at radius 2 is 2.25 bits per heavy atom. The molecule has 1 rings (SSSR count). The Kier molecular flexibility index (Phi) is 2.98. The molecule has 3 heteroatoms. The number of hydrogen-bond donors (Lipinski definition) is 0. The average molecular weight is 231 g/mol. The zero-order valence-electron chi connectivity index (χ0n) is 6.55. The van der Waals surface area contributed by atoms with Crippen LogP contribution in [0, 0.1) is 12.7 Å². The molecule has 1 nitrogen and oxygen atoms in total. The standard InChI is InChI=1S/C9H8BrFO/c1-6-4-7(11)2-3-8(6)9(10)5-12/h2-5,9H,1H3. The number of rotatable bonds is 2. The summed E-state index contributed by atoms with van der Waals surface area (Å²) in [6.07, 6.45) is 0.778. The first-order chi connectivity index (χ1) is 5.65. The quantitative estimate of drug-likeness (QED) is 0.565. The van der Waals surface area contributed by atoms with Crippen LogP contribution in [0.2, 0.25) is 0 Å². The van der Waals surface area contributed by atoms with Crippen LogP contribution in [0.1, 0.15) is 16.0 Å². The van der Waals surface area contributed by atoms with Gasteiger partial charge in [0.2, 0.25) is 0 Å². The molecular weight excluding hydrogens is 223 g/mol. The van der Waals surface area contributed by atoms with Crippen molar-refractivity contribution in [1.29, 1.82) is 0 Å². The Morgan fingerprint density at radius 3 is 2.75 bits per heavy atom. The molecule has 0 aromatic heterocycles. The van der Waals surface area contributed by atoms with Gasteiger partial charge in [-0.2, -0.15) is 0 Å². The van der Waals surface area contributed by atoms with Crippen molar-refractivity contribution in [2.24, 2.45) is 0 Å². The number of aldehydes is 1. The molecule has 1 aromatic rings. The number of carbonyl (C=O) groups excluding carboxylic acids is 1. The molecule has 0 saturated heterocycles. The smallest absolute Gasteiger partial charge is 0.138 e. The minimum absolute atomic E-state index is 0.276. The van der Waals surface area contributed by atoms with E-state index in [9.17, 15) is 9.18 Å². The molecule has 1 unspecified atom stereocenters. The second-order valence-electron chi connectivity index (χ2n) is 2.54. The van der Waals surface area contributed by atoms with Crippen molar-refractivity contribution in [3.8, 4) is 0 Å². The lowest BCUT2D eigenvalue weighted by molar-refractivity contribution is -0.107. The number of benzene rings is 1. The van der Waals surface area contributed by atoms with Gasteiger partial charge in [-0.3, -0.25) is 0 Å². The minimum atomic E-state index is -0.335. The van der Waals surface area contributed by atoms with E-state index in [1.54, 1.807) is 13.0 Å². The minimum Gasteiger partial charge on any atom is -0.302 e. The third-order valence-electron chi connectivity index (χ3n) is 1.65. The molecule has 1 atom stereocenters. The van der Waals surface area contributed by atoms with E-state index in [0.717, 1.165) is 17.4 Å². The predicted molar refractivity (Wildman–Crippen MR) is 48.9 cm³/mol. The normalized spacial score (nSPS) is 12.6. The summed E-state index contributed by atoms with van der Waals surface area (Å²) in [6, 6.07) is 4.37. The van der Waals surface area contributed by atoms with E-state index in [4.69, 9.17) is 0 Å². The van der Waals surface area contributed by atoms with E-state index in [2.05, 4.69) is 15.9 Å². The van der Waals surface area contributed by atoms with Gasteiger partial charge < -0.3 is 4.79 Å². The van der Waals surface area contributed by atoms with E-state index in [0.29, 0.717) is 0 Å². The summed E-state index contributed by atoms with van der Waals surface area (Å²) in [4.78, 5) is 10.1. The highest BCUT2D eigenvalue weighted by atomic mass is 79.9. The summed E-state index contributed by atoms with van der Waals surface area (Å²) in [7, 11) is 0. The van der Waals surface area contributed by atoms with Gasteiger partial charge >= 0.3 is 0 Å².